The molecule has 0 aromatic rings. The molecule has 0 aromatic heterocycles. The highest BCUT2D eigenvalue weighted by molar-refractivity contribution is 4.85. The fourth-order valence-electron chi connectivity index (χ4n) is 1.93. The molecule has 0 aliphatic rings. The summed E-state index contributed by atoms with van der Waals surface area (Å²) in [4.78, 5) is 2.47. The first-order valence-electron chi connectivity index (χ1n) is 5.30. The Morgan fingerprint density at radius 1 is 1.23 bits per heavy atom. The molecule has 2 N–H and O–H groups in total. The Bertz CT molecular complexity index is 136. The zero-order chi connectivity index (χ0) is 10.6. The molecular weight excluding hydrogens is 160 g/mol. The predicted molar refractivity (Wildman–Crippen MR) is 59.8 cm³/mol. The van der Waals surface area contributed by atoms with Gasteiger partial charge in [-0.1, -0.05) is 27.7 Å². The van der Waals surface area contributed by atoms with Crippen molar-refractivity contribution in [2.75, 3.05) is 13.1 Å². The second-order valence-electron chi connectivity index (χ2n) is 5.04. The molecule has 2 nitrogen and oxygen atoms in total. The van der Waals surface area contributed by atoms with Crippen LogP contribution in [0.2, 0.25) is 0 Å². The third-order valence-corrected chi connectivity index (χ3v) is 2.65. The van der Waals surface area contributed by atoms with Gasteiger partial charge < -0.3 is 5.73 Å². The van der Waals surface area contributed by atoms with Gasteiger partial charge in [0, 0.05) is 18.6 Å². The summed E-state index contributed by atoms with van der Waals surface area (Å²) in [6, 6.07) is 1.07. The summed E-state index contributed by atoms with van der Waals surface area (Å²) < 4.78 is 0. The Morgan fingerprint density at radius 3 is 1.77 bits per heavy atom. The molecule has 13 heavy (non-hydrogen) atoms. The molecule has 1 atom stereocenters. The van der Waals surface area contributed by atoms with Crippen molar-refractivity contribution in [1.29, 1.82) is 0 Å². The molecule has 1 unspecified atom stereocenters. The lowest BCUT2D eigenvalue weighted by Gasteiger charge is -2.41. The van der Waals surface area contributed by atoms with E-state index in [2.05, 4.69) is 46.4 Å². The summed E-state index contributed by atoms with van der Waals surface area (Å²) in [7, 11) is 0. The molecule has 0 rings (SSSR count). The van der Waals surface area contributed by atoms with E-state index in [-0.39, 0.29) is 5.41 Å². The van der Waals surface area contributed by atoms with Crippen molar-refractivity contribution in [1.82, 2.24) is 4.90 Å². The summed E-state index contributed by atoms with van der Waals surface area (Å²) in [6.07, 6.45) is 0. The molecule has 80 valence electrons. The van der Waals surface area contributed by atoms with Crippen molar-refractivity contribution in [3.8, 4) is 0 Å². The van der Waals surface area contributed by atoms with Crippen LogP contribution < -0.4 is 5.73 Å². The van der Waals surface area contributed by atoms with Crippen molar-refractivity contribution in [3.63, 3.8) is 0 Å². The van der Waals surface area contributed by atoms with E-state index in [1.807, 2.05) is 0 Å². The molecular formula is C11H26N2. The highest BCUT2D eigenvalue weighted by atomic mass is 15.2. The first kappa shape index (κ1) is 12.9. The average Bonchev–Trinajstić information content (AvgIpc) is 1.96. The van der Waals surface area contributed by atoms with Gasteiger partial charge in [0.25, 0.3) is 0 Å². The van der Waals surface area contributed by atoms with Crippen LogP contribution in [0.4, 0.5) is 0 Å². The van der Waals surface area contributed by atoms with Gasteiger partial charge in [-0.25, -0.2) is 0 Å². The fraction of sp³-hybridized carbons (Fsp3) is 1.00. The molecule has 0 aliphatic carbocycles. The number of likely N-dealkylation sites (N-methyl/N-ethyl adjacent to an activating group) is 1. The van der Waals surface area contributed by atoms with E-state index in [9.17, 15) is 0 Å². The minimum absolute atomic E-state index is 0.273. The Hall–Kier alpha value is -0.0800. The van der Waals surface area contributed by atoms with Crippen LogP contribution in [0.25, 0.3) is 0 Å². The van der Waals surface area contributed by atoms with Crippen molar-refractivity contribution in [3.05, 3.63) is 0 Å². The third kappa shape index (κ3) is 3.65. The van der Waals surface area contributed by atoms with Crippen LogP contribution in [0.1, 0.15) is 41.5 Å². The first-order chi connectivity index (χ1) is 5.84. The lowest BCUT2D eigenvalue weighted by molar-refractivity contribution is 0.0816. The lowest BCUT2D eigenvalue weighted by Crippen LogP contribution is -2.51. The minimum Gasteiger partial charge on any atom is -0.329 e. The third-order valence-electron chi connectivity index (χ3n) is 2.65. The SMILES string of the molecule is CCN(C(C)C)C(CN)C(C)(C)C. The molecule has 0 aliphatic heterocycles. The Kier molecular flexibility index (Phi) is 4.93. The normalized spacial score (nSPS) is 15.5. The quantitative estimate of drug-likeness (QED) is 0.728. The lowest BCUT2D eigenvalue weighted by atomic mass is 9.85. The van der Waals surface area contributed by atoms with Crippen molar-refractivity contribution in [2.24, 2.45) is 11.1 Å². The van der Waals surface area contributed by atoms with E-state index in [1.165, 1.54) is 0 Å². The Balaban J connectivity index is 4.53. The summed E-state index contributed by atoms with van der Waals surface area (Å²) in [5.74, 6) is 0. The second kappa shape index (κ2) is 4.97. The zero-order valence-corrected chi connectivity index (χ0v) is 10.1. The van der Waals surface area contributed by atoms with Crippen LogP contribution in [-0.2, 0) is 0 Å². The Morgan fingerprint density at radius 2 is 1.69 bits per heavy atom. The van der Waals surface area contributed by atoms with Gasteiger partial charge in [-0.15, -0.1) is 0 Å². The van der Waals surface area contributed by atoms with Gasteiger partial charge in [0.2, 0.25) is 0 Å². The van der Waals surface area contributed by atoms with E-state index in [1.54, 1.807) is 0 Å². The van der Waals surface area contributed by atoms with Gasteiger partial charge in [0.1, 0.15) is 0 Å². The molecule has 0 saturated heterocycles. The number of rotatable bonds is 4. The monoisotopic (exact) mass is 186 g/mol. The summed E-state index contributed by atoms with van der Waals surface area (Å²) in [6.45, 7) is 15.3. The van der Waals surface area contributed by atoms with Crippen LogP contribution >= 0.6 is 0 Å². The van der Waals surface area contributed by atoms with Gasteiger partial charge in [-0.2, -0.15) is 0 Å². The van der Waals surface area contributed by atoms with E-state index in [0.29, 0.717) is 12.1 Å². The first-order valence-corrected chi connectivity index (χ1v) is 5.30. The van der Waals surface area contributed by atoms with Gasteiger partial charge in [0.05, 0.1) is 0 Å². The molecule has 0 bridgehead atoms. The van der Waals surface area contributed by atoms with E-state index < -0.39 is 0 Å². The number of hydrogen-bond acceptors (Lipinski definition) is 2. The van der Waals surface area contributed by atoms with E-state index >= 15 is 0 Å². The van der Waals surface area contributed by atoms with Gasteiger partial charge >= 0.3 is 0 Å². The number of nitrogens with two attached hydrogens (primary N) is 1. The standard InChI is InChI=1S/C11H26N2/c1-7-13(9(2)3)10(8-12)11(4,5)6/h9-10H,7-8,12H2,1-6H3. The maximum atomic E-state index is 5.83. The van der Waals surface area contributed by atoms with Gasteiger partial charge in [-0.05, 0) is 25.8 Å². The molecule has 0 radical (unpaired) electrons. The molecule has 2 heteroatoms. The largest absolute Gasteiger partial charge is 0.329 e. The average molecular weight is 186 g/mol. The summed E-state index contributed by atoms with van der Waals surface area (Å²) in [5.41, 5.74) is 6.10. The highest BCUT2D eigenvalue weighted by Crippen LogP contribution is 2.24. The minimum atomic E-state index is 0.273. The van der Waals surface area contributed by atoms with Crippen LogP contribution in [0.5, 0.6) is 0 Å². The van der Waals surface area contributed by atoms with E-state index in [0.717, 1.165) is 13.1 Å². The predicted octanol–water partition coefficient (Wildman–Crippen LogP) is 2.09. The molecule has 0 amide bonds. The fourth-order valence-corrected chi connectivity index (χ4v) is 1.93. The zero-order valence-electron chi connectivity index (χ0n) is 10.1. The molecule has 0 fully saturated rings. The Labute approximate surface area is 83.5 Å². The van der Waals surface area contributed by atoms with Crippen LogP contribution in [-0.4, -0.2) is 30.1 Å². The maximum absolute atomic E-state index is 5.83. The molecule has 0 heterocycles. The number of nitrogens with zero attached hydrogens (tertiary/aromatic N) is 1. The second-order valence-corrected chi connectivity index (χ2v) is 5.04. The molecule has 0 aromatic carbocycles. The topological polar surface area (TPSA) is 29.3 Å². The van der Waals surface area contributed by atoms with Gasteiger partial charge in [0.15, 0.2) is 0 Å². The smallest absolute Gasteiger partial charge is 0.0269 e. The van der Waals surface area contributed by atoms with Crippen molar-refractivity contribution >= 4 is 0 Å². The van der Waals surface area contributed by atoms with Crippen LogP contribution in [0.15, 0.2) is 0 Å². The molecule has 0 saturated carbocycles. The maximum Gasteiger partial charge on any atom is 0.0269 e. The van der Waals surface area contributed by atoms with Crippen LogP contribution in [0.3, 0.4) is 0 Å². The van der Waals surface area contributed by atoms with E-state index in [4.69, 9.17) is 5.73 Å². The van der Waals surface area contributed by atoms with Crippen LogP contribution in [0, 0.1) is 5.41 Å². The number of hydrogen-bond donors (Lipinski definition) is 1. The van der Waals surface area contributed by atoms with Gasteiger partial charge in [-0.3, -0.25) is 4.90 Å². The van der Waals surface area contributed by atoms with Crippen molar-refractivity contribution in [2.45, 2.75) is 53.6 Å². The molecule has 0 spiro atoms. The van der Waals surface area contributed by atoms with Crippen molar-refractivity contribution < 1.29 is 0 Å². The highest BCUT2D eigenvalue weighted by Gasteiger charge is 2.29. The summed E-state index contributed by atoms with van der Waals surface area (Å²) in [5, 5.41) is 0. The summed E-state index contributed by atoms with van der Waals surface area (Å²) >= 11 is 0.